The van der Waals surface area contributed by atoms with Gasteiger partial charge in [-0.2, -0.15) is 0 Å². The Morgan fingerprint density at radius 1 is 1.23 bits per heavy atom. The van der Waals surface area contributed by atoms with Crippen molar-refractivity contribution in [2.45, 2.75) is 32.4 Å². The van der Waals surface area contributed by atoms with Gasteiger partial charge in [-0.1, -0.05) is 30.7 Å². The van der Waals surface area contributed by atoms with E-state index in [-0.39, 0.29) is 31.8 Å². The van der Waals surface area contributed by atoms with Gasteiger partial charge in [0.05, 0.1) is 37.6 Å². The van der Waals surface area contributed by atoms with Crippen molar-refractivity contribution in [3.8, 4) is 11.3 Å². The Morgan fingerprint density at radius 2 is 2.05 bits per heavy atom. The third-order valence-corrected chi connectivity index (χ3v) is 6.07. The summed E-state index contributed by atoms with van der Waals surface area (Å²) in [5.74, 6) is -0.485. The van der Waals surface area contributed by atoms with Gasteiger partial charge in [0, 0.05) is 30.1 Å². The zero-order valence-electron chi connectivity index (χ0n) is 22.2. The summed E-state index contributed by atoms with van der Waals surface area (Å²) in [4.78, 5) is 36.7. The number of aryl methyl sites for hydroxylation is 1. The molecule has 210 valence electrons. The van der Waals surface area contributed by atoms with Gasteiger partial charge in [0.2, 0.25) is 5.95 Å². The number of halogens is 1. The Morgan fingerprint density at radius 3 is 2.77 bits per heavy atom. The van der Waals surface area contributed by atoms with Crippen LogP contribution in [0.15, 0.2) is 42.7 Å². The minimum atomic E-state index is -0.614. The summed E-state index contributed by atoms with van der Waals surface area (Å²) in [5.41, 5.74) is 3.14. The topological polar surface area (TPSA) is 148 Å². The molecule has 11 nitrogen and oxygen atoms in total. The number of carbonyl (C=O) groups is 2. The number of aliphatic hydroxyl groups excluding tert-OH is 1. The third-order valence-electron chi connectivity index (χ3n) is 5.83. The molecular weight excluding hydrogens is 526 g/mol. The lowest BCUT2D eigenvalue weighted by Crippen LogP contribution is -2.31. The summed E-state index contributed by atoms with van der Waals surface area (Å²) in [6, 6.07) is 7.82. The molecule has 0 bridgehead atoms. The number of aliphatic hydroxyl groups is 1. The van der Waals surface area contributed by atoms with Crippen LogP contribution in [0.5, 0.6) is 0 Å². The number of benzene rings is 1. The molecule has 0 aliphatic rings. The van der Waals surface area contributed by atoms with E-state index in [0.717, 1.165) is 5.56 Å². The number of nitrogens with zero attached hydrogens (tertiary/aromatic N) is 2. The summed E-state index contributed by atoms with van der Waals surface area (Å²) in [7, 11) is 1.56. The fraction of sp³-hybridized carbons (Fsp3) is 0.407. The molecule has 0 aliphatic heterocycles. The second-order valence-corrected chi connectivity index (χ2v) is 9.21. The largest absolute Gasteiger partial charge is 0.462 e. The lowest BCUT2D eigenvalue weighted by atomic mass is 10.1. The molecule has 2 aromatic heterocycles. The normalized spacial score (nSPS) is 12.5. The number of hydrogen-bond acceptors (Lipinski definition) is 9. The average molecular weight is 560 g/mol. The number of methoxy groups -OCH3 is 1. The molecule has 0 saturated carbocycles. The van der Waals surface area contributed by atoms with Crippen molar-refractivity contribution in [1.29, 1.82) is 0 Å². The highest BCUT2D eigenvalue weighted by Crippen LogP contribution is 2.24. The van der Waals surface area contributed by atoms with E-state index in [1.54, 1.807) is 49.8 Å². The highest BCUT2D eigenvalue weighted by molar-refractivity contribution is 6.30. The summed E-state index contributed by atoms with van der Waals surface area (Å²) in [5, 5.41) is 16.3. The molecule has 39 heavy (non-hydrogen) atoms. The van der Waals surface area contributed by atoms with E-state index >= 15 is 0 Å². The van der Waals surface area contributed by atoms with Gasteiger partial charge in [-0.05, 0) is 42.7 Å². The monoisotopic (exact) mass is 559 g/mol. The van der Waals surface area contributed by atoms with Gasteiger partial charge in [-0.25, -0.2) is 14.8 Å². The molecule has 3 rings (SSSR count). The summed E-state index contributed by atoms with van der Waals surface area (Å²) < 4.78 is 15.3. The van der Waals surface area contributed by atoms with Crippen LogP contribution in [0.2, 0.25) is 5.02 Å². The Labute approximate surface area is 232 Å². The van der Waals surface area contributed by atoms with Crippen molar-refractivity contribution in [3.63, 3.8) is 0 Å². The Hall–Kier alpha value is -3.51. The molecular formula is C27H34ClN5O6. The maximum Gasteiger partial charge on any atom is 0.332 e. The van der Waals surface area contributed by atoms with E-state index in [1.807, 2.05) is 13.8 Å². The highest BCUT2D eigenvalue weighted by Gasteiger charge is 2.19. The van der Waals surface area contributed by atoms with Gasteiger partial charge in [0.1, 0.15) is 18.9 Å². The molecule has 0 radical (unpaired) electrons. The van der Waals surface area contributed by atoms with E-state index in [9.17, 15) is 14.7 Å². The fourth-order valence-electron chi connectivity index (χ4n) is 3.64. The second-order valence-electron chi connectivity index (χ2n) is 8.77. The summed E-state index contributed by atoms with van der Waals surface area (Å²) in [6.07, 6.45) is 4.03. The number of amides is 1. The minimum absolute atomic E-state index is 0.128. The molecule has 0 spiro atoms. The Balaban J connectivity index is 1.63. The van der Waals surface area contributed by atoms with Crippen LogP contribution in [0.25, 0.3) is 11.3 Å². The van der Waals surface area contributed by atoms with Crippen LogP contribution in [0.4, 0.5) is 5.95 Å². The smallest absolute Gasteiger partial charge is 0.332 e. The van der Waals surface area contributed by atoms with Gasteiger partial charge < -0.3 is 34.9 Å². The predicted molar refractivity (Wildman–Crippen MR) is 147 cm³/mol. The number of esters is 1. The van der Waals surface area contributed by atoms with Crippen molar-refractivity contribution in [1.82, 2.24) is 20.3 Å². The standard InChI is InChI=1S/C27H34ClN5O6/c1-4-21(15-39-24(35)16-38-9-8-37-3)31-27-30-12-17(2)25(33-27)19-11-22(29-13-19)26(36)32-23(14-34)18-6-5-7-20(28)10-18/h5-7,10-13,21,23,29,34H,4,8-9,14-16H2,1-3H3,(H,32,36)(H,30,31,33)/t21-,23+/m0/s1. The zero-order valence-corrected chi connectivity index (χ0v) is 23.0. The first-order chi connectivity index (χ1) is 18.8. The summed E-state index contributed by atoms with van der Waals surface area (Å²) >= 11 is 6.05. The average Bonchev–Trinajstić information content (AvgIpc) is 3.43. The molecule has 12 heteroatoms. The summed E-state index contributed by atoms with van der Waals surface area (Å²) in [6.45, 7) is 4.24. The first-order valence-corrected chi connectivity index (χ1v) is 12.9. The number of nitrogens with one attached hydrogen (secondary N) is 3. The number of H-pyrrole nitrogens is 1. The van der Waals surface area contributed by atoms with Gasteiger partial charge in [0.15, 0.2) is 0 Å². The lowest BCUT2D eigenvalue weighted by molar-refractivity contribution is -0.149. The van der Waals surface area contributed by atoms with E-state index in [1.165, 1.54) is 0 Å². The van der Waals surface area contributed by atoms with Crippen LogP contribution in [0.3, 0.4) is 0 Å². The molecule has 1 aromatic carbocycles. The second kappa shape index (κ2) is 15.2. The molecule has 0 saturated heterocycles. The van der Waals surface area contributed by atoms with E-state index in [0.29, 0.717) is 53.1 Å². The molecule has 1 amide bonds. The van der Waals surface area contributed by atoms with Crippen LogP contribution in [-0.2, 0) is 19.0 Å². The molecule has 0 unspecified atom stereocenters. The van der Waals surface area contributed by atoms with Crippen LogP contribution >= 0.6 is 11.6 Å². The van der Waals surface area contributed by atoms with Crippen LogP contribution in [0.1, 0.15) is 41.0 Å². The van der Waals surface area contributed by atoms with Gasteiger partial charge in [-0.15, -0.1) is 0 Å². The predicted octanol–water partition coefficient (Wildman–Crippen LogP) is 3.29. The Kier molecular flexibility index (Phi) is 11.7. The van der Waals surface area contributed by atoms with E-state index < -0.39 is 12.0 Å². The lowest BCUT2D eigenvalue weighted by Gasteiger charge is -2.17. The number of rotatable bonds is 15. The first-order valence-electron chi connectivity index (χ1n) is 12.5. The van der Waals surface area contributed by atoms with E-state index in [2.05, 4.69) is 25.6 Å². The van der Waals surface area contributed by atoms with Crippen LogP contribution < -0.4 is 10.6 Å². The maximum atomic E-state index is 12.9. The number of ether oxygens (including phenoxy) is 3. The van der Waals surface area contributed by atoms with Crippen LogP contribution in [-0.4, -0.2) is 78.1 Å². The first kappa shape index (κ1) is 30.0. The van der Waals surface area contributed by atoms with Crippen molar-refractivity contribution >= 4 is 29.4 Å². The van der Waals surface area contributed by atoms with Gasteiger partial charge in [0.25, 0.3) is 5.91 Å². The van der Waals surface area contributed by atoms with Crippen LogP contribution in [0, 0.1) is 6.92 Å². The van der Waals surface area contributed by atoms with Crippen molar-refractivity contribution < 1.29 is 28.9 Å². The third kappa shape index (κ3) is 9.03. The van der Waals surface area contributed by atoms with Crippen molar-refractivity contribution in [2.75, 3.05) is 45.5 Å². The molecule has 0 aliphatic carbocycles. The quantitative estimate of drug-likeness (QED) is 0.162. The van der Waals surface area contributed by atoms with Gasteiger partial charge >= 0.3 is 5.97 Å². The Bertz CT molecular complexity index is 1240. The molecule has 4 N–H and O–H groups in total. The van der Waals surface area contributed by atoms with Crippen molar-refractivity contribution in [2.24, 2.45) is 0 Å². The number of aromatic nitrogens is 3. The number of hydrogen-bond donors (Lipinski definition) is 4. The number of aromatic amines is 1. The zero-order chi connectivity index (χ0) is 28.2. The fourth-order valence-corrected chi connectivity index (χ4v) is 3.84. The molecule has 2 atom stereocenters. The van der Waals surface area contributed by atoms with E-state index in [4.69, 9.17) is 25.8 Å². The number of anilines is 1. The highest BCUT2D eigenvalue weighted by atomic mass is 35.5. The molecule has 3 aromatic rings. The maximum absolute atomic E-state index is 12.9. The van der Waals surface area contributed by atoms with Crippen molar-refractivity contribution in [3.05, 3.63) is 64.6 Å². The SMILES string of the molecule is CC[C@@H](COC(=O)COCCOC)Nc1ncc(C)c(-c2c[nH]c(C(=O)N[C@H](CO)c3cccc(Cl)c3)c2)n1. The minimum Gasteiger partial charge on any atom is -0.462 e. The molecule has 0 fully saturated rings. The molecule has 2 heterocycles. The number of carbonyl (C=O) groups excluding carboxylic acids is 2. The van der Waals surface area contributed by atoms with Gasteiger partial charge in [-0.3, -0.25) is 4.79 Å².